The largest absolute Gasteiger partial charge is 0.310 e. The molecule has 116 valence electrons. The van der Waals surface area contributed by atoms with Crippen LogP contribution < -0.4 is 5.32 Å². The highest BCUT2D eigenvalue weighted by atomic mass is 19.1. The summed E-state index contributed by atoms with van der Waals surface area (Å²) in [5, 5.41) is 3.43. The van der Waals surface area contributed by atoms with Crippen LogP contribution in [0.1, 0.15) is 57.1 Å². The molecule has 21 heavy (non-hydrogen) atoms. The van der Waals surface area contributed by atoms with E-state index in [1.54, 1.807) is 0 Å². The van der Waals surface area contributed by atoms with Gasteiger partial charge in [0.2, 0.25) is 0 Å². The Morgan fingerprint density at radius 1 is 1.24 bits per heavy atom. The first kappa shape index (κ1) is 15.0. The van der Waals surface area contributed by atoms with Crippen LogP contribution in [0.15, 0.2) is 18.2 Å². The van der Waals surface area contributed by atoms with Gasteiger partial charge in [0.05, 0.1) is 0 Å². The molecule has 3 heteroatoms. The first-order valence-electron chi connectivity index (χ1n) is 8.35. The first-order chi connectivity index (χ1) is 10.2. The molecule has 0 spiro atoms. The molecule has 1 nitrogen and oxygen atoms in total. The summed E-state index contributed by atoms with van der Waals surface area (Å²) in [5.74, 6) is 1.76. The van der Waals surface area contributed by atoms with Crippen LogP contribution in [0.3, 0.4) is 0 Å². The molecule has 0 aromatic heterocycles. The molecule has 4 atom stereocenters. The smallest absolute Gasteiger partial charge is 0.128 e. The van der Waals surface area contributed by atoms with Crippen LogP contribution in [0.2, 0.25) is 0 Å². The van der Waals surface area contributed by atoms with E-state index in [1.165, 1.54) is 43.9 Å². The summed E-state index contributed by atoms with van der Waals surface area (Å²) in [6.07, 6.45) is 7.30. The topological polar surface area (TPSA) is 12.0 Å². The number of hydrogen-bond acceptors (Lipinski definition) is 1. The molecule has 0 saturated heterocycles. The Morgan fingerprint density at radius 3 is 2.76 bits per heavy atom. The quantitative estimate of drug-likeness (QED) is 0.792. The summed E-state index contributed by atoms with van der Waals surface area (Å²) in [6, 6.07) is 3.78. The van der Waals surface area contributed by atoms with Crippen molar-refractivity contribution in [2.24, 2.45) is 17.8 Å². The molecule has 1 N–H and O–H groups in total. The Morgan fingerprint density at radius 2 is 2.10 bits per heavy atom. The minimum absolute atomic E-state index is 0.0509. The second kappa shape index (κ2) is 6.43. The minimum atomic E-state index is -0.345. The van der Waals surface area contributed by atoms with Crippen molar-refractivity contribution in [1.29, 1.82) is 0 Å². The van der Waals surface area contributed by atoms with Crippen molar-refractivity contribution in [3.63, 3.8) is 0 Å². The maximum Gasteiger partial charge on any atom is 0.128 e. The third-order valence-electron chi connectivity index (χ3n) is 5.40. The summed E-state index contributed by atoms with van der Waals surface area (Å²) in [4.78, 5) is 0. The Hall–Kier alpha value is -0.960. The molecule has 2 aliphatic rings. The van der Waals surface area contributed by atoms with Crippen molar-refractivity contribution < 1.29 is 8.78 Å². The molecule has 2 aliphatic carbocycles. The van der Waals surface area contributed by atoms with Gasteiger partial charge in [0.1, 0.15) is 11.6 Å². The Labute approximate surface area is 126 Å². The van der Waals surface area contributed by atoms with E-state index >= 15 is 0 Å². The van der Waals surface area contributed by atoms with Gasteiger partial charge in [-0.3, -0.25) is 0 Å². The number of benzene rings is 1. The summed E-state index contributed by atoms with van der Waals surface area (Å²) in [5.41, 5.74) is 0.506. The lowest BCUT2D eigenvalue weighted by Gasteiger charge is -2.28. The fraction of sp³-hybridized carbons (Fsp3) is 0.667. The number of hydrogen-bond donors (Lipinski definition) is 1. The highest BCUT2D eigenvalue weighted by molar-refractivity contribution is 5.22. The van der Waals surface area contributed by atoms with Crippen LogP contribution in [0, 0.1) is 29.4 Å². The van der Waals surface area contributed by atoms with Gasteiger partial charge < -0.3 is 5.32 Å². The van der Waals surface area contributed by atoms with Crippen LogP contribution in [-0.2, 0) is 0 Å². The van der Waals surface area contributed by atoms with E-state index < -0.39 is 0 Å². The molecule has 1 aromatic carbocycles. The van der Waals surface area contributed by atoms with E-state index in [0.717, 1.165) is 31.2 Å². The number of rotatable bonds is 6. The number of nitrogens with one attached hydrogen (secondary N) is 1. The van der Waals surface area contributed by atoms with E-state index in [9.17, 15) is 8.78 Å². The zero-order chi connectivity index (χ0) is 14.8. The third kappa shape index (κ3) is 3.28. The van der Waals surface area contributed by atoms with Gasteiger partial charge in [-0.25, -0.2) is 8.78 Å². The molecule has 0 heterocycles. The van der Waals surface area contributed by atoms with Crippen LogP contribution >= 0.6 is 0 Å². The van der Waals surface area contributed by atoms with Gasteiger partial charge in [-0.05, 0) is 74.6 Å². The minimum Gasteiger partial charge on any atom is -0.310 e. The molecule has 0 amide bonds. The fourth-order valence-electron chi connectivity index (χ4n) is 4.39. The average Bonchev–Trinajstić information content (AvgIpc) is 3.08. The zero-order valence-electron chi connectivity index (χ0n) is 12.7. The highest BCUT2D eigenvalue weighted by Gasteiger charge is 2.40. The number of halogens is 2. The average molecular weight is 293 g/mol. The standard InChI is InChI=1S/C18H25F2N/c1-2-7-21-18(16-11-15(19)5-6-17(16)20)10-14-9-12-3-4-13(14)8-12/h5-6,11-14,18,21H,2-4,7-10H2,1H3. The molecular weight excluding hydrogens is 268 g/mol. The predicted molar refractivity (Wildman–Crippen MR) is 80.9 cm³/mol. The van der Waals surface area contributed by atoms with Crippen LogP contribution in [0.25, 0.3) is 0 Å². The second-order valence-corrected chi connectivity index (χ2v) is 6.84. The lowest BCUT2D eigenvalue weighted by atomic mass is 9.82. The maximum absolute atomic E-state index is 14.1. The van der Waals surface area contributed by atoms with E-state index in [4.69, 9.17) is 0 Å². The van der Waals surface area contributed by atoms with Crippen molar-refractivity contribution in [1.82, 2.24) is 5.32 Å². The van der Waals surface area contributed by atoms with Gasteiger partial charge in [0.15, 0.2) is 0 Å². The molecular formula is C18H25F2N. The van der Waals surface area contributed by atoms with Gasteiger partial charge in [-0.15, -0.1) is 0 Å². The summed E-state index contributed by atoms with van der Waals surface area (Å²) >= 11 is 0. The zero-order valence-corrected chi connectivity index (χ0v) is 12.7. The molecule has 0 radical (unpaired) electrons. The Balaban J connectivity index is 1.75. The van der Waals surface area contributed by atoms with Crippen LogP contribution in [0.4, 0.5) is 8.78 Å². The van der Waals surface area contributed by atoms with E-state index in [-0.39, 0.29) is 17.7 Å². The van der Waals surface area contributed by atoms with Gasteiger partial charge >= 0.3 is 0 Å². The fourth-order valence-corrected chi connectivity index (χ4v) is 4.39. The summed E-state index contributed by atoms with van der Waals surface area (Å²) < 4.78 is 27.6. The van der Waals surface area contributed by atoms with Gasteiger partial charge in [0.25, 0.3) is 0 Å². The van der Waals surface area contributed by atoms with E-state index in [2.05, 4.69) is 12.2 Å². The Bertz CT molecular complexity index is 488. The molecule has 2 fully saturated rings. The molecule has 4 unspecified atom stereocenters. The van der Waals surface area contributed by atoms with Crippen LogP contribution in [-0.4, -0.2) is 6.54 Å². The van der Waals surface area contributed by atoms with Crippen molar-refractivity contribution in [2.75, 3.05) is 6.54 Å². The van der Waals surface area contributed by atoms with Gasteiger partial charge in [0, 0.05) is 11.6 Å². The first-order valence-corrected chi connectivity index (χ1v) is 8.35. The molecule has 2 saturated carbocycles. The molecule has 3 rings (SSSR count). The second-order valence-electron chi connectivity index (χ2n) is 6.84. The van der Waals surface area contributed by atoms with Crippen molar-refractivity contribution in [3.8, 4) is 0 Å². The lowest BCUT2D eigenvalue weighted by Crippen LogP contribution is -2.27. The molecule has 2 bridgehead atoms. The normalized spacial score (nSPS) is 29.0. The maximum atomic E-state index is 14.1. The Kier molecular flexibility index (Phi) is 4.58. The van der Waals surface area contributed by atoms with Crippen molar-refractivity contribution in [3.05, 3.63) is 35.4 Å². The van der Waals surface area contributed by atoms with Gasteiger partial charge in [-0.1, -0.05) is 13.3 Å². The van der Waals surface area contributed by atoms with Crippen LogP contribution in [0.5, 0.6) is 0 Å². The number of fused-ring (bicyclic) bond motifs is 2. The third-order valence-corrected chi connectivity index (χ3v) is 5.40. The lowest BCUT2D eigenvalue weighted by molar-refractivity contribution is 0.276. The summed E-state index contributed by atoms with van der Waals surface area (Å²) in [7, 11) is 0. The highest BCUT2D eigenvalue weighted by Crippen LogP contribution is 2.51. The van der Waals surface area contributed by atoms with E-state index in [0.29, 0.717) is 11.5 Å². The predicted octanol–water partition coefficient (Wildman–Crippen LogP) is 4.83. The SMILES string of the molecule is CCCNC(CC1CC2CCC1C2)c1cc(F)ccc1F. The summed E-state index contributed by atoms with van der Waals surface area (Å²) in [6.45, 7) is 2.95. The van der Waals surface area contributed by atoms with Crippen molar-refractivity contribution >= 4 is 0 Å². The molecule has 0 aliphatic heterocycles. The monoisotopic (exact) mass is 293 g/mol. The molecule has 1 aromatic rings. The van der Waals surface area contributed by atoms with Gasteiger partial charge in [-0.2, -0.15) is 0 Å². The van der Waals surface area contributed by atoms with Crippen molar-refractivity contribution in [2.45, 2.75) is 51.5 Å². The van der Waals surface area contributed by atoms with E-state index in [1.807, 2.05) is 0 Å².